The highest BCUT2D eigenvalue weighted by atomic mass is 35.5. The summed E-state index contributed by atoms with van der Waals surface area (Å²) < 4.78 is 0. The smallest absolute Gasteiger partial charge is 0.257 e. The lowest BCUT2D eigenvalue weighted by Gasteiger charge is -2.12. The van der Waals surface area contributed by atoms with Gasteiger partial charge < -0.3 is 10.3 Å². The number of aryl methyl sites for hydroxylation is 1. The van der Waals surface area contributed by atoms with Crippen LogP contribution in [0.25, 0.3) is 22.0 Å². The van der Waals surface area contributed by atoms with Crippen LogP contribution in [0.3, 0.4) is 0 Å². The molecule has 1 amide bonds. The first-order valence-electron chi connectivity index (χ1n) is 10.9. The SMILES string of the molecule is Cc1cnc(SCc2ccc(C(=O)Nc3ccc(Cl)c(-c4nccc5ccccc45)c3)c(Cl)c2)[nH]1. The number of carbonyl (C=O) groups is 1. The second-order valence-electron chi connectivity index (χ2n) is 8.00. The van der Waals surface area contributed by atoms with Crippen molar-refractivity contribution in [2.24, 2.45) is 0 Å². The van der Waals surface area contributed by atoms with Crippen molar-refractivity contribution in [3.05, 3.63) is 106 Å². The van der Waals surface area contributed by atoms with E-state index >= 15 is 0 Å². The molecule has 0 bridgehead atoms. The third kappa shape index (κ3) is 5.20. The Morgan fingerprint density at radius 3 is 2.66 bits per heavy atom. The fraction of sp³-hybridized carbons (Fsp3) is 0.0741. The molecule has 0 fully saturated rings. The minimum atomic E-state index is -0.296. The molecule has 0 spiro atoms. The number of amides is 1. The lowest BCUT2D eigenvalue weighted by molar-refractivity contribution is 0.102. The molecule has 35 heavy (non-hydrogen) atoms. The summed E-state index contributed by atoms with van der Waals surface area (Å²) in [7, 11) is 0. The summed E-state index contributed by atoms with van der Waals surface area (Å²) in [6, 6.07) is 20.7. The molecule has 0 aliphatic rings. The number of anilines is 1. The van der Waals surface area contributed by atoms with Gasteiger partial charge in [0.15, 0.2) is 5.16 Å². The number of benzene rings is 3. The molecule has 5 nitrogen and oxygen atoms in total. The molecule has 2 aromatic heterocycles. The van der Waals surface area contributed by atoms with Crippen LogP contribution in [0.4, 0.5) is 5.69 Å². The van der Waals surface area contributed by atoms with Gasteiger partial charge in [-0.05, 0) is 54.3 Å². The van der Waals surface area contributed by atoms with Gasteiger partial charge in [0.05, 0.1) is 21.3 Å². The molecular weight excluding hydrogens is 499 g/mol. The third-order valence-electron chi connectivity index (χ3n) is 5.49. The largest absolute Gasteiger partial charge is 0.337 e. The number of hydrogen-bond donors (Lipinski definition) is 2. The van der Waals surface area contributed by atoms with Crippen LogP contribution in [0.5, 0.6) is 0 Å². The molecule has 5 rings (SSSR count). The molecule has 0 saturated carbocycles. The monoisotopic (exact) mass is 518 g/mol. The molecule has 0 aliphatic heterocycles. The van der Waals surface area contributed by atoms with Crippen molar-refractivity contribution in [3.8, 4) is 11.3 Å². The van der Waals surface area contributed by atoms with Gasteiger partial charge in [0.25, 0.3) is 5.91 Å². The number of H-pyrrole nitrogens is 1. The van der Waals surface area contributed by atoms with Crippen molar-refractivity contribution >= 4 is 57.3 Å². The maximum Gasteiger partial charge on any atom is 0.257 e. The average Bonchev–Trinajstić information content (AvgIpc) is 3.28. The molecule has 2 heterocycles. The molecule has 0 unspecified atom stereocenters. The summed E-state index contributed by atoms with van der Waals surface area (Å²) in [5.41, 5.74) is 4.52. The van der Waals surface area contributed by atoms with Gasteiger partial charge in [-0.15, -0.1) is 0 Å². The van der Waals surface area contributed by atoms with E-state index in [4.69, 9.17) is 23.2 Å². The van der Waals surface area contributed by atoms with Crippen LogP contribution in [0.2, 0.25) is 10.0 Å². The Morgan fingerprint density at radius 1 is 1.00 bits per heavy atom. The van der Waals surface area contributed by atoms with E-state index in [-0.39, 0.29) is 5.91 Å². The Morgan fingerprint density at radius 2 is 1.86 bits per heavy atom. The summed E-state index contributed by atoms with van der Waals surface area (Å²) in [5.74, 6) is 0.391. The van der Waals surface area contributed by atoms with Crippen LogP contribution in [0.1, 0.15) is 21.6 Å². The van der Waals surface area contributed by atoms with E-state index in [1.807, 2.05) is 55.5 Å². The molecule has 0 aliphatic carbocycles. The molecule has 5 aromatic rings. The number of pyridine rings is 1. The summed E-state index contributed by atoms with van der Waals surface area (Å²) in [6.07, 6.45) is 3.55. The van der Waals surface area contributed by atoms with Crippen LogP contribution >= 0.6 is 35.0 Å². The Hall–Kier alpha value is -3.32. The molecule has 0 radical (unpaired) electrons. The summed E-state index contributed by atoms with van der Waals surface area (Å²) in [4.78, 5) is 25.0. The number of carbonyl (C=O) groups excluding carboxylic acids is 1. The molecule has 174 valence electrons. The Labute approximate surface area is 216 Å². The Balaban J connectivity index is 1.35. The van der Waals surface area contributed by atoms with E-state index in [0.717, 1.165) is 38.4 Å². The fourth-order valence-electron chi connectivity index (χ4n) is 3.76. The number of halogens is 2. The first-order chi connectivity index (χ1) is 17.0. The van der Waals surface area contributed by atoms with Crippen LogP contribution in [0, 0.1) is 6.92 Å². The number of thioether (sulfide) groups is 1. The van der Waals surface area contributed by atoms with Gasteiger partial charge in [-0.1, -0.05) is 65.3 Å². The lowest BCUT2D eigenvalue weighted by Crippen LogP contribution is -2.12. The predicted molar refractivity (Wildman–Crippen MR) is 144 cm³/mol. The fourth-order valence-corrected chi connectivity index (χ4v) is 5.10. The molecule has 2 N–H and O–H groups in total. The van der Waals surface area contributed by atoms with E-state index in [9.17, 15) is 4.79 Å². The van der Waals surface area contributed by atoms with Gasteiger partial charge in [0.1, 0.15) is 0 Å². The quantitative estimate of drug-likeness (QED) is 0.225. The van der Waals surface area contributed by atoms with E-state index in [1.54, 1.807) is 42.4 Å². The normalized spacial score (nSPS) is 11.1. The maximum absolute atomic E-state index is 13.0. The van der Waals surface area contributed by atoms with Crippen LogP contribution in [-0.4, -0.2) is 20.9 Å². The van der Waals surface area contributed by atoms with E-state index < -0.39 is 0 Å². The van der Waals surface area contributed by atoms with Crippen molar-refractivity contribution in [2.45, 2.75) is 17.8 Å². The minimum absolute atomic E-state index is 0.296. The molecule has 0 saturated heterocycles. The average molecular weight is 519 g/mol. The maximum atomic E-state index is 13.0. The van der Waals surface area contributed by atoms with Crippen LogP contribution in [-0.2, 0) is 5.75 Å². The number of nitrogens with zero attached hydrogens (tertiary/aromatic N) is 2. The van der Waals surface area contributed by atoms with Crippen LogP contribution < -0.4 is 5.32 Å². The second kappa shape index (κ2) is 10.1. The Bertz CT molecular complexity index is 1540. The number of aromatic amines is 1. The topological polar surface area (TPSA) is 70.7 Å². The van der Waals surface area contributed by atoms with E-state index in [1.165, 1.54) is 0 Å². The number of fused-ring (bicyclic) bond motifs is 1. The number of aromatic nitrogens is 3. The van der Waals surface area contributed by atoms with Gasteiger partial charge in [0.2, 0.25) is 0 Å². The molecule has 0 atom stereocenters. The number of rotatable bonds is 6. The van der Waals surface area contributed by atoms with Gasteiger partial charge in [-0.3, -0.25) is 9.78 Å². The van der Waals surface area contributed by atoms with Gasteiger partial charge in [-0.2, -0.15) is 0 Å². The highest BCUT2D eigenvalue weighted by molar-refractivity contribution is 7.98. The summed E-state index contributed by atoms with van der Waals surface area (Å²) >= 11 is 14.6. The van der Waals surface area contributed by atoms with Crippen LogP contribution in [0.15, 0.2) is 84.3 Å². The standard InChI is InChI=1S/C27H20Cl2N4OS/c1-16-14-31-27(32-16)35-15-17-6-8-21(24(29)12-17)26(34)33-19-7-9-23(28)22(13-19)25-20-5-3-2-4-18(20)10-11-30-25/h2-14H,15H2,1H3,(H,31,32)(H,33,34). The van der Waals surface area contributed by atoms with Crippen molar-refractivity contribution in [3.63, 3.8) is 0 Å². The van der Waals surface area contributed by atoms with Crippen molar-refractivity contribution in [2.75, 3.05) is 5.32 Å². The molecule has 8 heteroatoms. The highest BCUT2D eigenvalue weighted by Gasteiger charge is 2.15. The lowest BCUT2D eigenvalue weighted by atomic mass is 10.0. The highest BCUT2D eigenvalue weighted by Crippen LogP contribution is 2.34. The zero-order valence-electron chi connectivity index (χ0n) is 18.7. The first-order valence-corrected chi connectivity index (χ1v) is 12.6. The minimum Gasteiger partial charge on any atom is -0.337 e. The summed E-state index contributed by atoms with van der Waals surface area (Å²) in [6.45, 7) is 1.96. The first kappa shape index (κ1) is 23.4. The Kier molecular flexibility index (Phi) is 6.77. The number of imidazole rings is 1. The van der Waals surface area contributed by atoms with Gasteiger partial charge in [-0.25, -0.2) is 4.98 Å². The van der Waals surface area contributed by atoms with Gasteiger partial charge >= 0.3 is 0 Å². The van der Waals surface area contributed by atoms with Crippen molar-refractivity contribution in [1.29, 1.82) is 0 Å². The van der Waals surface area contributed by atoms with Crippen molar-refractivity contribution < 1.29 is 4.79 Å². The predicted octanol–water partition coefficient (Wildman–Crippen LogP) is 7.78. The van der Waals surface area contributed by atoms with E-state index in [0.29, 0.717) is 27.0 Å². The number of nitrogens with one attached hydrogen (secondary N) is 2. The third-order valence-corrected chi connectivity index (χ3v) is 7.09. The zero-order valence-corrected chi connectivity index (χ0v) is 21.0. The summed E-state index contributed by atoms with van der Waals surface area (Å²) in [5, 5.41) is 6.78. The molecular formula is C27H20Cl2N4OS. The van der Waals surface area contributed by atoms with Gasteiger partial charge in [0, 0.05) is 40.5 Å². The molecule has 3 aromatic carbocycles. The van der Waals surface area contributed by atoms with E-state index in [2.05, 4.69) is 20.3 Å². The number of hydrogen-bond acceptors (Lipinski definition) is 4. The zero-order chi connectivity index (χ0) is 24.4. The van der Waals surface area contributed by atoms with Crippen molar-refractivity contribution in [1.82, 2.24) is 15.0 Å². The second-order valence-corrected chi connectivity index (χ2v) is 9.78.